The molecule has 1 aliphatic rings. The first-order valence-electron chi connectivity index (χ1n) is 9.28. The number of para-hydroxylation sites is 1. The van der Waals surface area contributed by atoms with Crippen LogP contribution in [0.4, 0.5) is 0 Å². The molecular formula is C22H20N4O3. The Kier molecular flexibility index (Phi) is 5.22. The molecule has 0 aliphatic carbocycles. The second-order valence-corrected chi connectivity index (χ2v) is 6.77. The van der Waals surface area contributed by atoms with Gasteiger partial charge in [-0.25, -0.2) is 10.5 Å². The normalized spacial score (nSPS) is 13.9. The van der Waals surface area contributed by atoms with Gasteiger partial charge in [0.15, 0.2) is 0 Å². The predicted molar refractivity (Wildman–Crippen MR) is 110 cm³/mol. The molecule has 1 aliphatic heterocycles. The second-order valence-electron chi connectivity index (χ2n) is 6.77. The highest BCUT2D eigenvalue weighted by atomic mass is 16.5. The molecule has 4 rings (SSSR count). The summed E-state index contributed by atoms with van der Waals surface area (Å²) in [5.74, 6) is -0.701. The zero-order valence-corrected chi connectivity index (χ0v) is 15.6. The van der Waals surface area contributed by atoms with Gasteiger partial charge in [-0.05, 0) is 30.4 Å². The number of nitrogens with one attached hydrogen (secondary N) is 2. The number of fused-ring (bicyclic) bond motifs is 3. The number of aromatic nitrogens is 2. The summed E-state index contributed by atoms with van der Waals surface area (Å²) in [5, 5.41) is 9.68. The number of pyridine rings is 1. The molecule has 3 heterocycles. The molecule has 3 aromatic rings. The lowest BCUT2D eigenvalue weighted by molar-refractivity contribution is -0.127. The summed E-state index contributed by atoms with van der Waals surface area (Å²) in [6.45, 7) is 1.24. The summed E-state index contributed by atoms with van der Waals surface area (Å²) in [6, 6.07) is 13.4. The zero-order chi connectivity index (χ0) is 20.2. The monoisotopic (exact) mass is 388 g/mol. The Bertz CT molecular complexity index is 1130. The molecule has 0 radical (unpaired) electrons. The Labute approximate surface area is 167 Å². The van der Waals surface area contributed by atoms with Gasteiger partial charge >= 0.3 is 0 Å². The van der Waals surface area contributed by atoms with Crippen LogP contribution in [0.25, 0.3) is 23.1 Å². The van der Waals surface area contributed by atoms with Crippen LogP contribution in [0.15, 0.2) is 54.6 Å². The number of H-pyrrole nitrogens is 1. The molecule has 7 heteroatoms. The Hall–Kier alpha value is -3.71. The maximum absolute atomic E-state index is 12.7. The molecule has 0 saturated carbocycles. The fraction of sp³-hybridized carbons (Fsp3) is 0.136. The summed E-state index contributed by atoms with van der Waals surface area (Å²) >= 11 is 0. The third kappa shape index (κ3) is 4.09. The number of hydroxylamine groups is 1. The van der Waals surface area contributed by atoms with Crippen LogP contribution in [-0.4, -0.2) is 38.4 Å². The highest BCUT2D eigenvalue weighted by molar-refractivity contribution is 5.93. The van der Waals surface area contributed by atoms with E-state index >= 15 is 0 Å². The van der Waals surface area contributed by atoms with Gasteiger partial charge in [0.25, 0.3) is 5.91 Å². The van der Waals surface area contributed by atoms with Crippen molar-refractivity contribution < 1.29 is 14.8 Å². The third-order valence-corrected chi connectivity index (χ3v) is 4.90. The van der Waals surface area contributed by atoms with Gasteiger partial charge in [0.2, 0.25) is 5.91 Å². The lowest BCUT2D eigenvalue weighted by atomic mass is 10.0. The van der Waals surface area contributed by atoms with E-state index in [-0.39, 0.29) is 5.91 Å². The van der Waals surface area contributed by atoms with Crippen LogP contribution >= 0.6 is 0 Å². The maximum atomic E-state index is 12.7. The Morgan fingerprint density at radius 1 is 1.07 bits per heavy atom. The number of carbonyl (C=O) groups is 2. The van der Waals surface area contributed by atoms with E-state index in [0.717, 1.165) is 17.3 Å². The zero-order valence-electron chi connectivity index (χ0n) is 15.6. The van der Waals surface area contributed by atoms with E-state index in [4.69, 9.17) is 5.21 Å². The van der Waals surface area contributed by atoms with Crippen molar-refractivity contribution in [3.63, 3.8) is 0 Å². The van der Waals surface area contributed by atoms with Gasteiger partial charge in [-0.3, -0.25) is 14.8 Å². The number of aromatic amines is 1. The van der Waals surface area contributed by atoms with E-state index in [9.17, 15) is 9.59 Å². The van der Waals surface area contributed by atoms with Crippen LogP contribution in [-0.2, 0) is 22.6 Å². The van der Waals surface area contributed by atoms with Crippen molar-refractivity contribution in [1.82, 2.24) is 20.3 Å². The summed E-state index contributed by atoms with van der Waals surface area (Å²) in [4.78, 5) is 33.4. The first-order chi connectivity index (χ1) is 14.1. The van der Waals surface area contributed by atoms with Crippen molar-refractivity contribution in [3.05, 3.63) is 77.3 Å². The van der Waals surface area contributed by atoms with Gasteiger partial charge in [0.05, 0.1) is 11.4 Å². The summed E-state index contributed by atoms with van der Waals surface area (Å²) < 4.78 is 0. The molecule has 0 unspecified atom stereocenters. The molecule has 2 amide bonds. The van der Waals surface area contributed by atoms with Crippen molar-refractivity contribution in [3.8, 4) is 0 Å². The van der Waals surface area contributed by atoms with E-state index < -0.39 is 5.91 Å². The molecule has 0 fully saturated rings. The van der Waals surface area contributed by atoms with Gasteiger partial charge in [0.1, 0.15) is 0 Å². The van der Waals surface area contributed by atoms with Crippen molar-refractivity contribution >= 4 is 34.9 Å². The lowest BCUT2D eigenvalue weighted by Gasteiger charge is -2.26. The highest BCUT2D eigenvalue weighted by Gasteiger charge is 2.22. The summed E-state index contributed by atoms with van der Waals surface area (Å²) in [6.07, 6.45) is 6.64. The fourth-order valence-electron chi connectivity index (χ4n) is 3.47. The first-order valence-corrected chi connectivity index (χ1v) is 9.28. The topological polar surface area (TPSA) is 98.3 Å². The van der Waals surface area contributed by atoms with Crippen molar-refractivity contribution in [2.45, 2.75) is 13.0 Å². The summed E-state index contributed by atoms with van der Waals surface area (Å²) in [7, 11) is 0. The lowest BCUT2D eigenvalue weighted by Crippen LogP contribution is -2.34. The molecule has 0 saturated heterocycles. The van der Waals surface area contributed by atoms with Crippen molar-refractivity contribution in [1.29, 1.82) is 0 Å². The van der Waals surface area contributed by atoms with Gasteiger partial charge in [-0.1, -0.05) is 24.3 Å². The average Bonchev–Trinajstić information content (AvgIpc) is 3.14. The minimum atomic E-state index is -0.635. The van der Waals surface area contributed by atoms with Gasteiger partial charge in [0, 0.05) is 53.8 Å². The minimum Gasteiger partial charge on any atom is -0.358 e. The predicted octanol–water partition coefficient (Wildman–Crippen LogP) is 2.68. The van der Waals surface area contributed by atoms with Crippen molar-refractivity contribution in [2.24, 2.45) is 0 Å². The molecule has 0 atom stereocenters. The maximum Gasteiger partial charge on any atom is 0.267 e. The smallest absolute Gasteiger partial charge is 0.267 e. The Balaban J connectivity index is 1.46. The Morgan fingerprint density at radius 2 is 1.83 bits per heavy atom. The number of benzene rings is 1. The first kappa shape index (κ1) is 18.6. The molecular weight excluding hydrogens is 368 g/mol. The van der Waals surface area contributed by atoms with Crippen LogP contribution in [0.1, 0.15) is 22.6 Å². The van der Waals surface area contributed by atoms with Crippen LogP contribution in [0.5, 0.6) is 0 Å². The molecule has 2 aromatic heterocycles. The van der Waals surface area contributed by atoms with E-state index in [2.05, 4.69) is 22.1 Å². The number of hydrogen-bond donors (Lipinski definition) is 3. The molecule has 0 spiro atoms. The van der Waals surface area contributed by atoms with Gasteiger partial charge in [-0.15, -0.1) is 0 Å². The van der Waals surface area contributed by atoms with E-state index in [1.54, 1.807) is 24.3 Å². The molecule has 1 aromatic carbocycles. The molecule has 7 nitrogen and oxygen atoms in total. The minimum absolute atomic E-state index is 0.0664. The largest absolute Gasteiger partial charge is 0.358 e. The van der Waals surface area contributed by atoms with Crippen LogP contribution in [0.3, 0.4) is 0 Å². The van der Waals surface area contributed by atoms with Crippen molar-refractivity contribution in [2.75, 3.05) is 6.54 Å². The summed E-state index contributed by atoms with van der Waals surface area (Å²) in [5.41, 5.74) is 6.16. The standard InChI is InChI=1S/C22H20N4O3/c27-21(25-29)10-8-15-4-3-5-16(23-15)9-11-22(28)26-13-12-20-18(14-26)17-6-1-2-7-19(17)24-20/h1-11,24,29H,12-14H2,(H,25,27). The van der Waals surface area contributed by atoms with Gasteiger partial charge in [-0.2, -0.15) is 0 Å². The van der Waals surface area contributed by atoms with Gasteiger partial charge < -0.3 is 9.88 Å². The number of carbonyl (C=O) groups excluding carboxylic acids is 2. The van der Waals surface area contributed by atoms with Crippen LogP contribution in [0.2, 0.25) is 0 Å². The molecule has 29 heavy (non-hydrogen) atoms. The third-order valence-electron chi connectivity index (χ3n) is 4.90. The average molecular weight is 388 g/mol. The Morgan fingerprint density at radius 3 is 2.62 bits per heavy atom. The fourth-order valence-corrected chi connectivity index (χ4v) is 3.47. The second kappa shape index (κ2) is 8.12. The van der Waals surface area contributed by atoms with E-state index in [1.165, 1.54) is 35.0 Å². The number of amides is 2. The number of rotatable bonds is 4. The van der Waals surface area contributed by atoms with Crippen LogP contribution < -0.4 is 5.48 Å². The highest BCUT2D eigenvalue weighted by Crippen LogP contribution is 2.27. The molecule has 0 bridgehead atoms. The molecule has 146 valence electrons. The van der Waals surface area contributed by atoms with E-state index in [1.807, 2.05) is 17.0 Å². The van der Waals surface area contributed by atoms with E-state index in [0.29, 0.717) is 24.5 Å². The number of hydrogen-bond acceptors (Lipinski definition) is 4. The van der Waals surface area contributed by atoms with Crippen LogP contribution in [0, 0.1) is 0 Å². The quantitative estimate of drug-likeness (QED) is 0.364. The molecule has 3 N–H and O–H groups in total. The SMILES string of the molecule is O=C(C=Cc1cccc(C=CC(=O)N2CCc3[nH]c4ccccc4c3C2)n1)NO. The number of nitrogens with zero attached hydrogens (tertiary/aromatic N) is 2.